The Morgan fingerprint density at radius 1 is 1.19 bits per heavy atom. The highest BCUT2D eigenvalue weighted by atomic mass is 16.6. The lowest BCUT2D eigenvalue weighted by Gasteiger charge is -2.47. The van der Waals surface area contributed by atoms with Gasteiger partial charge >= 0.3 is 12.2 Å². The first-order chi connectivity index (χ1) is 12.1. The minimum atomic E-state index is -1.00. The number of aliphatic hydroxyl groups excluding tert-OH is 1. The summed E-state index contributed by atoms with van der Waals surface area (Å²) in [6, 6.07) is -0.0358. The molecule has 3 atom stereocenters. The number of carbonyl (C=O) groups is 2. The maximum atomic E-state index is 12.0. The molecular formula is C17H33N3O6. The first-order valence-corrected chi connectivity index (χ1v) is 8.78. The summed E-state index contributed by atoms with van der Waals surface area (Å²) in [4.78, 5) is 22.9. The number of methoxy groups -OCH3 is 2. The van der Waals surface area contributed by atoms with Crippen LogP contribution in [0.3, 0.4) is 0 Å². The van der Waals surface area contributed by atoms with Crippen LogP contribution >= 0.6 is 0 Å². The van der Waals surface area contributed by atoms with Gasteiger partial charge in [-0.3, -0.25) is 5.32 Å². The number of hydrogen-bond donors (Lipinski definition) is 4. The molecule has 2 amide bonds. The summed E-state index contributed by atoms with van der Waals surface area (Å²) in [6.07, 6.45) is 0.478. The van der Waals surface area contributed by atoms with Gasteiger partial charge in [0.1, 0.15) is 6.61 Å². The molecule has 0 aromatic carbocycles. The molecule has 0 bridgehead atoms. The first-order valence-electron chi connectivity index (χ1n) is 8.78. The topological polar surface area (TPSA) is 118 Å². The summed E-state index contributed by atoms with van der Waals surface area (Å²) < 4.78 is 14.4. The fourth-order valence-corrected chi connectivity index (χ4v) is 3.86. The third-order valence-corrected chi connectivity index (χ3v) is 4.48. The van der Waals surface area contributed by atoms with Crippen LogP contribution in [0.5, 0.6) is 0 Å². The normalized spacial score (nSPS) is 25.8. The first kappa shape index (κ1) is 22.5. The molecule has 4 N–H and O–H groups in total. The quantitative estimate of drug-likeness (QED) is 0.371. The number of aliphatic hydroxyl groups is 1. The third-order valence-electron chi connectivity index (χ3n) is 4.48. The van der Waals surface area contributed by atoms with Crippen molar-refractivity contribution in [1.82, 2.24) is 16.0 Å². The summed E-state index contributed by atoms with van der Waals surface area (Å²) in [5.41, 5.74) is -0.0667. The lowest BCUT2D eigenvalue weighted by molar-refractivity contribution is -0.105. The molecule has 1 fully saturated rings. The van der Waals surface area contributed by atoms with Gasteiger partial charge in [0.25, 0.3) is 0 Å². The average Bonchev–Trinajstić information content (AvgIpc) is 2.54. The Bertz CT molecular complexity index is 473. The van der Waals surface area contributed by atoms with Crippen LogP contribution in [-0.4, -0.2) is 63.7 Å². The molecule has 0 heterocycles. The zero-order valence-corrected chi connectivity index (χ0v) is 16.4. The minimum absolute atomic E-state index is 0.0358. The molecule has 0 aliphatic heterocycles. The SMILES string of the molecule is COC(=O)NCCOC(=O)NC1CC(C)(C)CC(C)(CNC(O)OC)C1. The number of ether oxygens (including phenoxy) is 3. The van der Waals surface area contributed by atoms with Crippen molar-refractivity contribution in [3.63, 3.8) is 0 Å². The Balaban J connectivity index is 2.49. The van der Waals surface area contributed by atoms with E-state index in [-0.39, 0.29) is 30.0 Å². The third kappa shape index (κ3) is 8.20. The van der Waals surface area contributed by atoms with Crippen molar-refractivity contribution >= 4 is 12.2 Å². The Kier molecular flexibility index (Phi) is 8.58. The van der Waals surface area contributed by atoms with Gasteiger partial charge in [-0.05, 0) is 30.1 Å². The van der Waals surface area contributed by atoms with Crippen LogP contribution in [-0.2, 0) is 14.2 Å². The van der Waals surface area contributed by atoms with Gasteiger partial charge in [0.05, 0.1) is 13.7 Å². The van der Waals surface area contributed by atoms with E-state index >= 15 is 0 Å². The number of carbonyl (C=O) groups excluding carboxylic acids is 2. The number of amides is 2. The van der Waals surface area contributed by atoms with Crippen molar-refractivity contribution in [3.05, 3.63) is 0 Å². The fourth-order valence-electron chi connectivity index (χ4n) is 3.86. The molecular weight excluding hydrogens is 342 g/mol. The molecule has 9 heteroatoms. The van der Waals surface area contributed by atoms with Crippen molar-refractivity contribution in [2.24, 2.45) is 10.8 Å². The highest BCUT2D eigenvalue weighted by molar-refractivity contribution is 5.68. The summed E-state index contributed by atoms with van der Waals surface area (Å²) in [7, 11) is 2.70. The Labute approximate surface area is 155 Å². The highest BCUT2D eigenvalue weighted by Gasteiger charge is 2.41. The minimum Gasteiger partial charge on any atom is -0.453 e. The van der Waals surface area contributed by atoms with Crippen molar-refractivity contribution in [1.29, 1.82) is 0 Å². The van der Waals surface area contributed by atoms with Gasteiger partial charge in [-0.25, -0.2) is 9.59 Å². The average molecular weight is 375 g/mol. The van der Waals surface area contributed by atoms with Gasteiger partial charge in [0.15, 0.2) is 0 Å². The molecule has 9 nitrogen and oxygen atoms in total. The summed E-state index contributed by atoms with van der Waals surface area (Å²) in [6.45, 7) is 7.28. The van der Waals surface area contributed by atoms with E-state index in [2.05, 4.69) is 41.5 Å². The molecule has 3 unspecified atom stereocenters. The van der Waals surface area contributed by atoms with Crippen LogP contribution in [0.15, 0.2) is 0 Å². The van der Waals surface area contributed by atoms with E-state index in [0.29, 0.717) is 6.54 Å². The Hall–Kier alpha value is -1.58. The standard InChI is InChI=1S/C17H33N3O6/c1-16(2)8-12(9-17(3,10-16)11-19-14(22)25-5)20-15(23)26-7-6-18-13(21)24-4/h12,14,19,22H,6-11H2,1-5H3,(H,18,21)(H,20,23). The van der Waals surface area contributed by atoms with E-state index < -0.39 is 18.6 Å². The smallest absolute Gasteiger partial charge is 0.407 e. The van der Waals surface area contributed by atoms with E-state index in [0.717, 1.165) is 19.3 Å². The predicted molar refractivity (Wildman–Crippen MR) is 95.4 cm³/mol. The van der Waals surface area contributed by atoms with Crippen molar-refractivity contribution in [2.45, 2.75) is 52.5 Å². The van der Waals surface area contributed by atoms with E-state index in [1.54, 1.807) is 0 Å². The second-order valence-electron chi connectivity index (χ2n) is 7.92. The molecule has 1 aliphatic carbocycles. The molecule has 0 saturated heterocycles. The van der Waals surface area contributed by atoms with Crippen LogP contribution in [0.4, 0.5) is 9.59 Å². The number of rotatable bonds is 8. The Morgan fingerprint density at radius 3 is 2.50 bits per heavy atom. The van der Waals surface area contributed by atoms with E-state index in [1.165, 1.54) is 14.2 Å². The largest absolute Gasteiger partial charge is 0.453 e. The molecule has 0 radical (unpaired) electrons. The van der Waals surface area contributed by atoms with Crippen molar-refractivity contribution in [3.8, 4) is 0 Å². The van der Waals surface area contributed by atoms with Crippen molar-refractivity contribution < 1.29 is 28.9 Å². The van der Waals surface area contributed by atoms with Gasteiger partial charge in [-0.2, -0.15) is 0 Å². The van der Waals surface area contributed by atoms with Crippen LogP contribution in [0.25, 0.3) is 0 Å². The van der Waals surface area contributed by atoms with Crippen LogP contribution < -0.4 is 16.0 Å². The van der Waals surface area contributed by atoms with Gasteiger partial charge in [-0.15, -0.1) is 0 Å². The number of alkyl carbamates (subject to hydrolysis) is 2. The van der Waals surface area contributed by atoms with Gasteiger partial charge in [0.2, 0.25) is 6.41 Å². The molecule has 0 aromatic rings. The zero-order valence-electron chi connectivity index (χ0n) is 16.4. The Morgan fingerprint density at radius 2 is 1.88 bits per heavy atom. The van der Waals surface area contributed by atoms with E-state index in [9.17, 15) is 14.7 Å². The second kappa shape index (κ2) is 9.94. The molecule has 0 aromatic heterocycles. The molecule has 152 valence electrons. The van der Waals surface area contributed by atoms with Crippen LogP contribution in [0.2, 0.25) is 0 Å². The van der Waals surface area contributed by atoms with Crippen LogP contribution in [0, 0.1) is 10.8 Å². The van der Waals surface area contributed by atoms with Crippen LogP contribution in [0.1, 0.15) is 40.0 Å². The number of hydrogen-bond acceptors (Lipinski definition) is 7. The van der Waals surface area contributed by atoms with E-state index in [1.807, 2.05) is 0 Å². The highest BCUT2D eigenvalue weighted by Crippen LogP contribution is 2.45. The zero-order chi connectivity index (χ0) is 19.8. The molecule has 0 spiro atoms. The summed E-state index contributed by atoms with van der Waals surface area (Å²) in [5.74, 6) is 0. The monoisotopic (exact) mass is 375 g/mol. The van der Waals surface area contributed by atoms with Gasteiger partial charge < -0.3 is 30.0 Å². The lowest BCUT2D eigenvalue weighted by Crippen LogP contribution is -2.51. The van der Waals surface area contributed by atoms with Crippen molar-refractivity contribution in [2.75, 3.05) is 33.9 Å². The fraction of sp³-hybridized carbons (Fsp3) is 0.882. The summed E-state index contributed by atoms with van der Waals surface area (Å²) >= 11 is 0. The van der Waals surface area contributed by atoms with Gasteiger partial charge in [-0.1, -0.05) is 20.8 Å². The maximum Gasteiger partial charge on any atom is 0.407 e. The van der Waals surface area contributed by atoms with Gasteiger partial charge in [0, 0.05) is 19.7 Å². The molecule has 26 heavy (non-hydrogen) atoms. The summed E-state index contributed by atoms with van der Waals surface area (Å²) in [5, 5.41) is 17.9. The molecule has 1 rings (SSSR count). The maximum absolute atomic E-state index is 12.0. The number of nitrogens with one attached hydrogen (secondary N) is 3. The lowest BCUT2D eigenvalue weighted by atomic mass is 9.62. The van der Waals surface area contributed by atoms with E-state index in [4.69, 9.17) is 9.47 Å². The second-order valence-corrected chi connectivity index (χ2v) is 7.92. The predicted octanol–water partition coefficient (Wildman–Crippen LogP) is 1.17. The molecule has 1 aliphatic rings. The molecule has 1 saturated carbocycles.